The first-order valence-corrected chi connectivity index (χ1v) is 9.74. The minimum atomic E-state index is -0.302. The molecule has 0 bridgehead atoms. The molecule has 2 heterocycles. The number of nitrogens with one attached hydrogen (secondary N) is 2. The van der Waals surface area contributed by atoms with Gasteiger partial charge in [-0.1, -0.05) is 0 Å². The number of hydrogen-bond acceptors (Lipinski definition) is 6. The van der Waals surface area contributed by atoms with Crippen molar-refractivity contribution in [3.8, 4) is 28.7 Å². The summed E-state index contributed by atoms with van der Waals surface area (Å²) in [6.07, 6.45) is 2.98. The summed E-state index contributed by atoms with van der Waals surface area (Å²) in [5.74, 6) is 2.63. The molecule has 2 N–H and O–H groups in total. The molecular formula is C22H23N3O5. The number of hydrogen-bond donors (Lipinski definition) is 2. The lowest BCUT2D eigenvalue weighted by Crippen LogP contribution is -2.30. The summed E-state index contributed by atoms with van der Waals surface area (Å²) >= 11 is 0. The molecule has 1 aliphatic heterocycles. The number of rotatable bonds is 6. The van der Waals surface area contributed by atoms with Gasteiger partial charge in [0, 0.05) is 36.7 Å². The van der Waals surface area contributed by atoms with Gasteiger partial charge in [0.05, 0.1) is 26.0 Å². The number of fused-ring (bicyclic) bond motifs is 1. The molecule has 0 atom stereocenters. The van der Waals surface area contributed by atoms with Crippen LogP contribution >= 0.6 is 0 Å². The number of aromatic nitrogens is 1. The molecule has 1 aliphatic rings. The number of ether oxygens (including phenoxy) is 3. The van der Waals surface area contributed by atoms with Crippen LogP contribution in [0.4, 0.5) is 10.5 Å². The number of nitrogens with zero attached hydrogens (tertiary/aromatic N) is 1. The maximum Gasteiger partial charge on any atom is 0.319 e. The summed E-state index contributed by atoms with van der Waals surface area (Å²) in [6.45, 7) is 1.65. The third-order valence-corrected chi connectivity index (χ3v) is 4.56. The Hall–Kier alpha value is -3.68. The fraction of sp³-hybridized carbons (Fsp3) is 0.273. The number of benzene rings is 2. The Bertz CT molecular complexity index is 1000. The number of amides is 2. The van der Waals surface area contributed by atoms with Gasteiger partial charge in [0.1, 0.15) is 12.0 Å². The van der Waals surface area contributed by atoms with Gasteiger partial charge in [-0.3, -0.25) is 0 Å². The van der Waals surface area contributed by atoms with Crippen molar-refractivity contribution in [1.29, 1.82) is 0 Å². The normalized spacial score (nSPS) is 12.7. The largest absolute Gasteiger partial charge is 0.497 e. The Balaban J connectivity index is 1.27. The maximum atomic E-state index is 12.2. The summed E-state index contributed by atoms with van der Waals surface area (Å²) in [4.78, 5) is 16.6. The summed E-state index contributed by atoms with van der Waals surface area (Å²) in [6, 6.07) is 12.5. The van der Waals surface area contributed by atoms with Gasteiger partial charge in [-0.25, -0.2) is 9.78 Å². The number of anilines is 1. The van der Waals surface area contributed by atoms with Gasteiger partial charge >= 0.3 is 6.03 Å². The third kappa shape index (κ3) is 4.83. The van der Waals surface area contributed by atoms with E-state index in [9.17, 15) is 4.79 Å². The van der Waals surface area contributed by atoms with E-state index >= 15 is 0 Å². The molecule has 0 fully saturated rings. The van der Waals surface area contributed by atoms with Crippen molar-refractivity contribution < 1.29 is 23.4 Å². The second-order valence-electron chi connectivity index (χ2n) is 6.72. The predicted molar refractivity (Wildman–Crippen MR) is 111 cm³/mol. The fourth-order valence-corrected chi connectivity index (χ4v) is 3.01. The van der Waals surface area contributed by atoms with Gasteiger partial charge in [0.15, 0.2) is 11.5 Å². The highest BCUT2D eigenvalue weighted by Crippen LogP contribution is 2.32. The number of carbonyl (C=O) groups is 1. The lowest BCUT2D eigenvalue weighted by atomic mass is 10.2. The van der Waals surface area contributed by atoms with Crippen LogP contribution < -0.4 is 24.8 Å². The SMILES string of the molecule is COc1ccc(-c2nc(CCNC(=O)Nc3ccc4c(c3)OCCCO4)co2)cc1. The summed E-state index contributed by atoms with van der Waals surface area (Å²) < 4.78 is 21.9. The molecule has 3 aromatic rings. The minimum Gasteiger partial charge on any atom is -0.497 e. The minimum absolute atomic E-state index is 0.302. The zero-order valence-electron chi connectivity index (χ0n) is 16.6. The van der Waals surface area contributed by atoms with Crippen LogP contribution in [0.5, 0.6) is 17.2 Å². The molecule has 4 rings (SSSR count). The van der Waals surface area contributed by atoms with Crippen molar-refractivity contribution in [3.63, 3.8) is 0 Å². The summed E-state index contributed by atoms with van der Waals surface area (Å²) in [5, 5.41) is 5.62. The highest BCUT2D eigenvalue weighted by molar-refractivity contribution is 5.89. The fourth-order valence-electron chi connectivity index (χ4n) is 3.01. The number of urea groups is 1. The van der Waals surface area contributed by atoms with Gasteiger partial charge < -0.3 is 29.3 Å². The van der Waals surface area contributed by atoms with Crippen molar-refractivity contribution in [2.75, 3.05) is 32.2 Å². The first kappa shape index (κ1) is 19.6. The Morgan fingerprint density at radius 3 is 2.70 bits per heavy atom. The molecule has 0 unspecified atom stereocenters. The molecule has 8 nitrogen and oxygen atoms in total. The van der Waals surface area contributed by atoms with E-state index in [0.29, 0.717) is 49.3 Å². The van der Waals surface area contributed by atoms with E-state index < -0.39 is 0 Å². The first-order valence-electron chi connectivity index (χ1n) is 9.74. The molecule has 156 valence electrons. The topological polar surface area (TPSA) is 94.9 Å². The number of carbonyl (C=O) groups excluding carboxylic acids is 1. The predicted octanol–water partition coefficient (Wildman–Crippen LogP) is 3.88. The van der Waals surface area contributed by atoms with Crippen LogP contribution in [0.3, 0.4) is 0 Å². The van der Waals surface area contributed by atoms with E-state index in [-0.39, 0.29) is 6.03 Å². The lowest BCUT2D eigenvalue weighted by Gasteiger charge is -2.11. The van der Waals surface area contributed by atoms with Gasteiger partial charge in [-0.15, -0.1) is 0 Å². The molecule has 30 heavy (non-hydrogen) atoms. The molecule has 8 heteroatoms. The Morgan fingerprint density at radius 2 is 1.90 bits per heavy atom. The second-order valence-corrected chi connectivity index (χ2v) is 6.72. The highest BCUT2D eigenvalue weighted by Gasteiger charge is 2.12. The Kier molecular flexibility index (Phi) is 6.03. The van der Waals surface area contributed by atoms with Gasteiger partial charge in [0.2, 0.25) is 5.89 Å². The Morgan fingerprint density at radius 1 is 1.10 bits per heavy atom. The van der Waals surface area contributed by atoms with Crippen LogP contribution in [0.25, 0.3) is 11.5 Å². The monoisotopic (exact) mass is 409 g/mol. The van der Waals surface area contributed by atoms with Crippen molar-refractivity contribution in [2.45, 2.75) is 12.8 Å². The van der Waals surface area contributed by atoms with Crippen molar-refractivity contribution in [1.82, 2.24) is 10.3 Å². The zero-order chi connectivity index (χ0) is 20.8. The number of oxazole rings is 1. The zero-order valence-corrected chi connectivity index (χ0v) is 16.6. The van der Waals surface area contributed by atoms with Crippen LogP contribution in [-0.2, 0) is 6.42 Å². The van der Waals surface area contributed by atoms with Crippen LogP contribution in [0.2, 0.25) is 0 Å². The van der Waals surface area contributed by atoms with E-state index in [2.05, 4.69) is 15.6 Å². The van der Waals surface area contributed by atoms with E-state index in [1.165, 1.54) is 0 Å². The Labute approximate surface area is 174 Å². The van der Waals surface area contributed by atoms with Crippen LogP contribution in [0, 0.1) is 0 Å². The average molecular weight is 409 g/mol. The summed E-state index contributed by atoms with van der Waals surface area (Å²) in [7, 11) is 1.62. The third-order valence-electron chi connectivity index (χ3n) is 4.56. The van der Waals surface area contributed by atoms with Crippen LogP contribution in [0.1, 0.15) is 12.1 Å². The molecule has 1 aromatic heterocycles. The quantitative estimate of drug-likeness (QED) is 0.642. The van der Waals surface area contributed by atoms with E-state index in [0.717, 1.165) is 23.4 Å². The van der Waals surface area contributed by atoms with Gasteiger partial charge in [-0.2, -0.15) is 0 Å². The molecule has 0 aliphatic carbocycles. The van der Waals surface area contributed by atoms with Crippen LogP contribution in [0.15, 0.2) is 53.1 Å². The lowest BCUT2D eigenvalue weighted by molar-refractivity contribution is 0.252. The maximum absolute atomic E-state index is 12.2. The molecule has 0 saturated carbocycles. The molecule has 2 aromatic carbocycles. The molecule has 0 spiro atoms. The first-order chi connectivity index (χ1) is 14.7. The second kappa shape index (κ2) is 9.21. The average Bonchev–Trinajstić information content (AvgIpc) is 3.11. The van der Waals surface area contributed by atoms with E-state index in [1.54, 1.807) is 31.6 Å². The van der Waals surface area contributed by atoms with Crippen LogP contribution in [-0.4, -0.2) is 37.9 Å². The smallest absolute Gasteiger partial charge is 0.319 e. The van der Waals surface area contributed by atoms with Gasteiger partial charge in [-0.05, 0) is 36.4 Å². The van der Waals surface area contributed by atoms with Crippen molar-refractivity contribution in [3.05, 3.63) is 54.4 Å². The van der Waals surface area contributed by atoms with Gasteiger partial charge in [0.25, 0.3) is 0 Å². The highest BCUT2D eigenvalue weighted by atomic mass is 16.5. The molecular weight excluding hydrogens is 386 g/mol. The number of methoxy groups -OCH3 is 1. The van der Waals surface area contributed by atoms with E-state index in [1.807, 2.05) is 24.3 Å². The summed E-state index contributed by atoms with van der Waals surface area (Å²) in [5.41, 5.74) is 2.26. The molecule has 0 saturated heterocycles. The molecule has 0 radical (unpaired) electrons. The van der Waals surface area contributed by atoms with E-state index in [4.69, 9.17) is 18.6 Å². The standard InChI is InChI=1S/C22H23N3O5/c1-27-18-6-3-15(4-7-18)21-24-17(14-30-21)9-10-23-22(26)25-16-5-8-19-20(13-16)29-12-2-11-28-19/h3-8,13-14H,2,9-12H2,1H3,(H2,23,25,26). The molecule has 2 amide bonds. The van der Waals surface area contributed by atoms with Crippen molar-refractivity contribution >= 4 is 11.7 Å². The van der Waals surface area contributed by atoms with Crippen molar-refractivity contribution in [2.24, 2.45) is 0 Å².